The smallest absolute Gasteiger partial charge is 0.119 e. The average Bonchev–Trinajstić information content (AvgIpc) is 2.78. The number of fused-ring (bicyclic) bond motifs is 1. The molecule has 3 nitrogen and oxygen atoms in total. The van der Waals surface area contributed by atoms with E-state index in [1.165, 1.54) is 12.8 Å². The molecule has 2 heterocycles. The standard InChI is InChI=1S/C17H25NO2/c1-13(2)20-15-8-6-14(7-9-15)17(19)10-12-18-11-4-3-5-16(17)18/h6-9,13,16,19H,3-5,10-12H2,1-2H3. The van der Waals surface area contributed by atoms with Crippen LogP contribution in [0, 0.1) is 0 Å². The molecule has 2 atom stereocenters. The van der Waals surface area contributed by atoms with E-state index in [0.717, 1.165) is 37.2 Å². The number of nitrogens with zero attached hydrogens (tertiary/aromatic N) is 1. The Kier molecular flexibility index (Phi) is 3.74. The van der Waals surface area contributed by atoms with Crippen molar-refractivity contribution >= 4 is 0 Å². The van der Waals surface area contributed by atoms with E-state index in [4.69, 9.17) is 4.74 Å². The van der Waals surface area contributed by atoms with Crippen molar-refractivity contribution < 1.29 is 9.84 Å². The molecular weight excluding hydrogens is 250 g/mol. The highest BCUT2D eigenvalue weighted by Crippen LogP contribution is 2.42. The summed E-state index contributed by atoms with van der Waals surface area (Å²) in [5.74, 6) is 0.880. The fourth-order valence-corrected chi connectivity index (χ4v) is 3.71. The molecule has 3 rings (SSSR count). The first-order valence-electron chi connectivity index (χ1n) is 7.83. The highest BCUT2D eigenvalue weighted by atomic mass is 16.5. The van der Waals surface area contributed by atoms with Crippen LogP contribution in [-0.2, 0) is 5.60 Å². The van der Waals surface area contributed by atoms with Crippen LogP contribution in [-0.4, -0.2) is 35.2 Å². The molecule has 2 unspecified atom stereocenters. The summed E-state index contributed by atoms with van der Waals surface area (Å²) in [7, 11) is 0. The van der Waals surface area contributed by atoms with Gasteiger partial charge in [-0.2, -0.15) is 0 Å². The van der Waals surface area contributed by atoms with Crippen LogP contribution in [0.2, 0.25) is 0 Å². The Labute approximate surface area is 121 Å². The topological polar surface area (TPSA) is 32.7 Å². The van der Waals surface area contributed by atoms with Gasteiger partial charge >= 0.3 is 0 Å². The lowest BCUT2D eigenvalue weighted by molar-refractivity contribution is -0.0138. The molecule has 0 amide bonds. The third-order valence-electron chi connectivity index (χ3n) is 4.67. The van der Waals surface area contributed by atoms with Crippen molar-refractivity contribution in [1.29, 1.82) is 0 Å². The van der Waals surface area contributed by atoms with Gasteiger partial charge in [0.15, 0.2) is 0 Å². The van der Waals surface area contributed by atoms with E-state index < -0.39 is 5.60 Å². The second-order valence-electron chi connectivity index (χ2n) is 6.41. The van der Waals surface area contributed by atoms with Crippen LogP contribution in [0.5, 0.6) is 5.75 Å². The summed E-state index contributed by atoms with van der Waals surface area (Å²) >= 11 is 0. The van der Waals surface area contributed by atoms with Crippen LogP contribution in [0.15, 0.2) is 24.3 Å². The third-order valence-corrected chi connectivity index (χ3v) is 4.67. The van der Waals surface area contributed by atoms with Gasteiger partial charge in [-0.15, -0.1) is 0 Å². The van der Waals surface area contributed by atoms with Gasteiger partial charge in [0, 0.05) is 12.6 Å². The number of ether oxygens (including phenoxy) is 1. The Morgan fingerprint density at radius 1 is 1.20 bits per heavy atom. The van der Waals surface area contributed by atoms with E-state index in [2.05, 4.69) is 4.90 Å². The van der Waals surface area contributed by atoms with Gasteiger partial charge in [0.2, 0.25) is 0 Å². The van der Waals surface area contributed by atoms with Gasteiger partial charge in [0.1, 0.15) is 11.4 Å². The fourth-order valence-electron chi connectivity index (χ4n) is 3.71. The number of benzene rings is 1. The summed E-state index contributed by atoms with van der Waals surface area (Å²) in [5, 5.41) is 11.1. The van der Waals surface area contributed by atoms with Gasteiger partial charge < -0.3 is 9.84 Å². The minimum atomic E-state index is -0.670. The molecule has 1 aromatic carbocycles. The summed E-state index contributed by atoms with van der Waals surface area (Å²) in [6.45, 7) is 6.21. The lowest BCUT2D eigenvalue weighted by Gasteiger charge is -2.37. The lowest BCUT2D eigenvalue weighted by Crippen LogP contribution is -2.45. The number of aliphatic hydroxyl groups is 1. The molecule has 0 radical (unpaired) electrons. The lowest BCUT2D eigenvalue weighted by atomic mass is 9.83. The minimum Gasteiger partial charge on any atom is -0.491 e. The summed E-state index contributed by atoms with van der Waals surface area (Å²) < 4.78 is 5.68. The predicted octanol–water partition coefficient (Wildman–Crippen LogP) is 2.92. The number of piperidine rings is 1. The highest BCUT2D eigenvalue weighted by molar-refractivity contribution is 5.33. The molecule has 2 fully saturated rings. The molecular formula is C17H25NO2. The number of rotatable bonds is 3. The second-order valence-corrected chi connectivity index (χ2v) is 6.41. The van der Waals surface area contributed by atoms with Gasteiger partial charge in [0.25, 0.3) is 0 Å². The van der Waals surface area contributed by atoms with Crippen LogP contribution >= 0.6 is 0 Å². The van der Waals surface area contributed by atoms with Gasteiger partial charge in [0.05, 0.1) is 6.10 Å². The first kappa shape index (κ1) is 13.9. The van der Waals surface area contributed by atoms with E-state index in [9.17, 15) is 5.11 Å². The third kappa shape index (κ3) is 2.45. The summed E-state index contributed by atoms with van der Waals surface area (Å²) in [5.41, 5.74) is 0.375. The molecule has 1 aromatic rings. The molecule has 0 saturated carbocycles. The maximum atomic E-state index is 11.1. The molecule has 3 heteroatoms. The van der Waals surface area contributed by atoms with E-state index in [-0.39, 0.29) is 6.10 Å². The van der Waals surface area contributed by atoms with Gasteiger partial charge in [-0.25, -0.2) is 0 Å². The maximum Gasteiger partial charge on any atom is 0.119 e. The van der Waals surface area contributed by atoms with E-state index in [1.54, 1.807) is 0 Å². The summed E-state index contributed by atoms with van der Waals surface area (Å²) in [6.07, 6.45) is 4.65. The summed E-state index contributed by atoms with van der Waals surface area (Å²) in [6, 6.07) is 8.34. The summed E-state index contributed by atoms with van der Waals surface area (Å²) in [4.78, 5) is 2.46. The molecule has 2 saturated heterocycles. The minimum absolute atomic E-state index is 0.184. The Hall–Kier alpha value is -1.06. The first-order chi connectivity index (χ1) is 9.59. The van der Waals surface area contributed by atoms with Crippen LogP contribution in [0.25, 0.3) is 0 Å². The molecule has 0 aliphatic carbocycles. The monoisotopic (exact) mass is 275 g/mol. The van der Waals surface area contributed by atoms with Crippen LogP contribution in [0.1, 0.15) is 45.1 Å². The zero-order valence-electron chi connectivity index (χ0n) is 12.5. The Balaban J connectivity index is 1.80. The Morgan fingerprint density at radius 3 is 2.65 bits per heavy atom. The zero-order chi connectivity index (χ0) is 14.2. The predicted molar refractivity (Wildman–Crippen MR) is 79.9 cm³/mol. The quantitative estimate of drug-likeness (QED) is 0.920. The molecule has 20 heavy (non-hydrogen) atoms. The van der Waals surface area contributed by atoms with Crippen molar-refractivity contribution in [3.63, 3.8) is 0 Å². The normalized spacial score (nSPS) is 30.5. The number of hydrogen-bond acceptors (Lipinski definition) is 3. The van der Waals surface area contributed by atoms with Crippen molar-refractivity contribution in [3.05, 3.63) is 29.8 Å². The Morgan fingerprint density at radius 2 is 1.95 bits per heavy atom. The van der Waals surface area contributed by atoms with E-state index >= 15 is 0 Å². The molecule has 2 aliphatic rings. The molecule has 110 valence electrons. The van der Waals surface area contributed by atoms with Crippen LogP contribution < -0.4 is 4.74 Å². The molecule has 0 spiro atoms. The van der Waals surface area contributed by atoms with Crippen molar-refractivity contribution in [2.24, 2.45) is 0 Å². The molecule has 0 aromatic heterocycles. The molecule has 2 aliphatic heterocycles. The maximum absolute atomic E-state index is 11.1. The van der Waals surface area contributed by atoms with Crippen molar-refractivity contribution in [3.8, 4) is 5.75 Å². The first-order valence-corrected chi connectivity index (χ1v) is 7.83. The van der Waals surface area contributed by atoms with Crippen molar-refractivity contribution in [1.82, 2.24) is 4.90 Å². The van der Waals surface area contributed by atoms with Gasteiger partial charge in [-0.3, -0.25) is 4.90 Å². The van der Waals surface area contributed by atoms with E-state index in [1.807, 2.05) is 38.1 Å². The fraction of sp³-hybridized carbons (Fsp3) is 0.647. The van der Waals surface area contributed by atoms with Gasteiger partial charge in [-0.1, -0.05) is 18.6 Å². The van der Waals surface area contributed by atoms with Crippen molar-refractivity contribution in [2.75, 3.05) is 13.1 Å². The second kappa shape index (κ2) is 5.38. The van der Waals surface area contributed by atoms with Gasteiger partial charge in [-0.05, 0) is 57.4 Å². The SMILES string of the molecule is CC(C)Oc1ccc(C2(O)CCN3CCCCC32)cc1. The highest BCUT2D eigenvalue weighted by Gasteiger charge is 2.47. The van der Waals surface area contributed by atoms with Crippen molar-refractivity contribution in [2.45, 2.75) is 57.3 Å². The molecule has 1 N–H and O–H groups in total. The van der Waals surface area contributed by atoms with Crippen LogP contribution in [0.3, 0.4) is 0 Å². The average molecular weight is 275 g/mol. The largest absolute Gasteiger partial charge is 0.491 e. The zero-order valence-corrected chi connectivity index (χ0v) is 12.5. The number of hydrogen-bond donors (Lipinski definition) is 1. The molecule has 0 bridgehead atoms. The Bertz CT molecular complexity index is 457. The van der Waals surface area contributed by atoms with E-state index in [0.29, 0.717) is 6.04 Å². The van der Waals surface area contributed by atoms with Crippen LogP contribution in [0.4, 0.5) is 0 Å².